The first kappa shape index (κ1) is 18.8. The maximum atomic E-state index is 12.6. The number of esters is 1. The summed E-state index contributed by atoms with van der Waals surface area (Å²) in [6, 6.07) is 0. The van der Waals surface area contributed by atoms with Crippen LogP contribution in [-0.2, 0) is 9.53 Å². The molecule has 2 atom stereocenters. The van der Waals surface area contributed by atoms with Crippen molar-refractivity contribution >= 4 is 17.7 Å². The zero-order valence-corrected chi connectivity index (χ0v) is 13.6. The van der Waals surface area contributed by atoms with E-state index in [0.717, 1.165) is 37.9 Å². The average Bonchev–Trinajstić information content (AvgIpc) is 2.30. The van der Waals surface area contributed by atoms with Gasteiger partial charge in [0.25, 0.3) is 0 Å². The second kappa shape index (κ2) is 11.6. The number of ether oxygens (including phenoxy) is 1. The van der Waals surface area contributed by atoms with Gasteiger partial charge in [0.05, 0.1) is 12.3 Å². The van der Waals surface area contributed by atoms with Gasteiger partial charge in [-0.1, -0.05) is 26.2 Å². The first-order valence-electron chi connectivity index (χ1n) is 7.43. The van der Waals surface area contributed by atoms with Crippen molar-refractivity contribution in [1.29, 1.82) is 0 Å². The smallest absolute Gasteiger partial charge is 0.319 e. The van der Waals surface area contributed by atoms with Gasteiger partial charge in [-0.25, -0.2) is 4.39 Å². The van der Waals surface area contributed by atoms with E-state index in [4.69, 9.17) is 4.74 Å². The fraction of sp³-hybridized carbons (Fsp3) is 0.933. The molecular weight excluding hydrogens is 263 g/mol. The van der Waals surface area contributed by atoms with Gasteiger partial charge in [-0.15, -0.1) is 11.8 Å². The minimum absolute atomic E-state index is 0.0347. The third-order valence-electron chi connectivity index (χ3n) is 2.73. The molecule has 0 aromatic rings. The van der Waals surface area contributed by atoms with E-state index in [2.05, 4.69) is 6.92 Å². The minimum Gasteiger partial charge on any atom is -0.462 e. The molecule has 0 radical (unpaired) electrons. The molecule has 0 aliphatic heterocycles. The number of halogens is 1. The van der Waals surface area contributed by atoms with Crippen molar-refractivity contribution in [2.45, 2.75) is 83.7 Å². The van der Waals surface area contributed by atoms with E-state index < -0.39 is 6.17 Å². The molecule has 0 fully saturated rings. The van der Waals surface area contributed by atoms with Gasteiger partial charge < -0.3 is 4.74 Å². The maximum absolute atomic E-state index is 12.6. The van der Waals surface area contributed by atoms with Crippen LogP contribution in [0.3, 0.4) is 0 Å². The van der Waals surface area contributed by atoms with Crippen LogP contribution < -0.4 is 0 Å². The van der Waals surface area contributed by atoms with Crippen LogP contribution in [0.25, 0.3) is 0 Å². The van der Waals surface area contributed by atoms with E-state index in [1.807, 2.05) is 13.8 Å². The molecule has 114 valence electrons. The first-order chi connectivity index (χ1) is 8.97. The number of carbonyl (C=O) groups is 1. The van der Waals surface area contributed by atoms with E-state index in [-0.39, 0.29) is 17.3 Å². The van der Waals surface area contributed by atoms with Crippen molar-refractivity contribution in [2.75, 3.05) is 5.75 Å². The standard InChI is InChI=1S/C15H29FO2S/c1-5-9-14(15(17)18-12(2)3)19-11-8-6-7-10-13(4)16/h12-14H,5-11H2,1-4H3. The number of hydrogen-bond acceptors (Lipinski definition) is 3. The van der Waals surface area contributed by atoms with E-state index in [1.165, 1.54) is 0 Å². The lowest BCUT2D eigenvalue weighted by molar-refractivity contribution is -0.146. The predicted octanol–water partition coefficient (Wildman–Crippen LogP) is 4.76. The highest BCUT2D eigenvalue weighted by Gasteiger charge is 2.20. The van der Waals surface area contributed by atoms with Gasteiger partial charge >= 0.3 is 5.97 Å². The topological polar surface area (TPSA) is 26.3 Å². The second-order valence-electron chi connectivity index (χ2n) is 5.26. The Hall–Kier alpha value is -0.250. The van der Waals surface area contributed by atoms with Crippen molar-refractivity contribution in [3.63, 3.8) is 0 Å². The number of rotatable bonds is 11. The Morgan fingerprint density at radius 1 is 1.16 bits per heavy atom. The van der Waals surface area contributed by atoms with Gasteiger partial charge in [-0.05, 0) is 45.8 Å². The van der Waals surface area contributed by atoms with Crippen LogP contribution in [0.15, 0.2) is 0 Å². The normalized spacial score (nSPS) is 14.4. The number of hydrogen-bond donors (Lipinski definition) is 0. The molecule has 0 aromatic heterocycles. The second-order valence-corrected chi connectivity index (χ2v) is 6.57. The number of unbranched alkanes of at least 4 members (excludes halogenated alkanes) is 2. The Bertz CT molecular complexity index is 232. The summed E-state index contributed by atoms with van der Waals surface area (Å²) >= 11 is 1.69. The molecule has 0 rings (SSSR count). The third-order valence-corrected chi connectivity index (χ3v) is 4.09. The van der Waals surface area contributed by atoms with Gasteiger partial charge in [0.15, 0.2) is 0 Å². The fourth-order valence-corrected chi connectivity index (χ4v) is 3.02. The highest BCUT2D eigenvalue weighted by Crippen LogP contribution is 2.21. The largest absolute Gasteiger partial charge is 0.462 e. The molecule has 0 saturated carbocycles. The molecule has 0 spiro atoms. The van der Waals surface area contributed by atoms with Crippen LogP contribution in [0.1, 0.15) is 66.2 Å². The lowest BCUT2D eigenvalue weighted by atomic mass is 10.1. The zero-order valence-electron chi connectivity index (χ0n) is 12.8. The fourth-order valence-electron chi connectivity index (χ4n) is 1.77. The van der Waals surface area contributed by atoms with Gasteiger partial charge in [0, 0.05) is 0 Å². The summed E-state index contributed by atoms with van der Waals surface area (Å²) in [7, 11) is 0. The monoisotopic (exact) mass is 292 g/mol. The summed E-state index contributed by atoms with van der Waals surface area (Å²) in [6.07, 6.45) is 4.80. The zero-order chi connectivity index (χ0) is 14.7. The Morgan fingerprint density at radius 2 is 1.84 bits per heavy atom. The van der Waals surface area contributed by atoms with Crippen LogP contribution in [0.2, 0.25) is 0 Å². The molecule has 0 N–H and O–H groups in total. The minimum atomic E-state index is -0.693. The summed E-state index contributed by atoms with van der Waals surface area (Å²) in [5.74, 6) is 0.873. The van der Waals surface area contributed by atoms with E-state index in [9.17, 15) is 9.18 Å². The van der Waals surface area contributed by atoms with Crippen molar-refractivity contribution in [3.05, 3.63) is 0 Å². The van der Waals surface area contributed by atoms with Gasteiger partial charge in [-0.3, -0.25) is 4.79 Å². The molecule has 0 aliphatic rings. The van der Waals surface area contributed by atoms with Gasteiger partial charge in [-0.2, -0.15) is 0 Å². The summed E-state index contributed by atoms with van der Waals surface area (Å²) < 4.78 is 17.9. The first-order valence-corrected chi connectivity index (χ1v) is 8.48. The summed E-state index contributed by atoms with van der Waals surface area (Å²) in [5.41, 5.74) is 0. The quantitative estimate of drug-likeness (QED) is 0.406. The van der Waals surface area contributed by atoms with Crippen molar-refractivity contribution < 1.29 is 13.9 Å². The molecule has 0 heterocycles. The highest BCUT2D eigenvalue weighted by molar-refractivity contribution is 8.00. The van der Waals surface area contributed by atoms with Crippen LogP contribution in [0.5, 0.6) is 0 Å². The number of thioether (sulfide) groups is 1. The molecule has 4 heteroatoms. The number of alkyl halides is 1. The Morgan fingerprint density at radius 3 is 2.37 bits per heavy atom. The Balaban J connectivity index is 3.79. The lowest BCUT2D eigenvalue weighted by Crippen LogP contribution is -2.23. The van der Waals surface area contributed by atoms with E-state index >= 15 is 0 Å². The van der Waals surface area contributed by atoms with Gasteiger partial charge in [0.1, 0.15) is 5.25 Å². The lowest BCUT2D eigenvalue weighted by Gasteiger charge is -2.16. The molecule has 2 unspecified atom stereocenters. The van der Waals surface area contributed by atoms with Crippen LogP contribution in [0, 0.1) is 0 Å². The van der Waals surface area contributed by atoms with Crippen LogP contribution in [-0.4, -0.2) is 29.2 Å². The van der Waals surface area contributed by atoms with Crippen LogP contribution in [0.4, 0.5) is 4.39 Å². The third kappa shape index (κ3) is 11.3. The van der Waals surface area contributed by atoms with E-state index in [1.54, 1.807) is 18.7 Å². The Kier molecular flexibility index (Phi) is 11.4. The molecular formula is C15H29FO2S. The molecule has 0 aromatic carbocycles. The predicted molar refractivity (Wildman–Crippen MR) is 81.4 cm³/mol. The SMILES string of the molecule is CCCC(SCCCCCC(C)F)C(=O)OC(C)C. The molecule has 0 amide bonds. The molecule has 0 aliphatic carbocycles. The van der Waals surface area contributed by atoms with E-state index in [0.29, 0.717) is 6.42 Å². The van der Waals surface area contributed by atoms with Crippen molar-refractivity contribution in [3.8, 4) is 0 Å². The van der Waals surface area contributed by atoms with Gasteiger partial charge in [0.2, 0.25) is 0 Å². The maximum Gasteiger partial charge on any atom is 0.319 e. The Labute approximate surface area is 121 Å². The highest BCUT2D eigenvalue weighted by atomic mass is 32.2. The molecule has 19 heavy (non-hydrogen) atoms. The van der Waals surface area contributed by atoms with Crippen LogP contribution >= 0.6 is 11.8 Å². The summed E-state index contributed by atoms with van der Waals surface area (Å²) in [4.78, 5) is 11.9. The average molecular weight is 292 g/mol. The summed E-state index contributed by atoms with van der Waals surface area (Å²) in [6.45, 7) is 7.44. The summed E-state index contributed by atoms with van der Waals surface area (Å²) in [5, 5.41) is -0.0347. The molecule has 0 saturated heterocycles. The number of carbonyl (C=O) groups excluding carboxylic acids is 1. The van der Waals surface area contributed by atoms with Crippen molar-refractivity contribution in [1.82, 2.24) is 0 Å². The molecule has 0 bridgehead atoms. The van der Waals surface area contributed by atoms with Crippen molar-refractivity contribution in [2.24, 2.45) is 0 Å². The molecule has 2 nitrogen and oxygen atoms in total.